The Balaban J connectivity index is 1.72. The van der Waals surface area contributed by atoms with Crippen LogP contribution in [-0.2, 0) is 4.74 Å². The van der Waals surface area contributed by atoms with Crippen molar-refractivity contribution in [2.24, 2.45) is 0 Å². The lowest BCUT2D eigenvalue weighted by Gasteiger charge is -2.33. The number of rotatable bonds is 2. The predicted octanol–water partition coefficient (Wildman–Crippen LogP) is 2.04. The number of hydrogen-bond donors (Lipinski definition) is 1. The smallest absolute Gasteiger partial charge is 0.0561 e. The first-order chi connectivity index (χ1) is 6.84. The van der Waals surface area contributed by atoms with Crippen LogP contribution in [0, 0.1) is 0 Å². The quantitative estimate of drug-likeness (QED) is 0.761. The molecule has 2 fully saturated rings. The number of ether oxygens (including phenoxy) is 1. The van der Waals surface area contributed by atoms with Crippen LogP contribution in [0.1, 0.15) is 32.6 Å². The van der Waals surface area contributed by atoms with Crippen LogP contribution in [0.5, 0.6) is 0 Å². The maximum atomic E-state index is 5.55. The predicted molar refractivity (Wildman–Crippen MR) is 61.9 cm³/mol. The van der Waals surface area contributed by atoms with E-state index in [4.69, 9.17) is 4.74 Å². The lowest BCUT2D eigenvalue weighted by Crippen LogP contribution is -2.44. The number of thioether (sulfide) groups is 1. The lowest BCUT2D eigenvalue weighted by molar-refractivity contribution is 0.0111. The van der Waals surface area contributed by atoms with E-state index in [0.717, 1.165) is 12.6 Å². The first-order valence-electron chi connectivity index (χ1n) is 5.80. The molecule has 2 rings (SSSR count). The number of hydrogen-bond acceptors (Lipinski definition) is 3. The second kappa shape index (κ2) is 5.38. The number of nitrogens with one attached hydrogen (secondary N) is 1. The second-order valence-corrected chi connectivity index (χ2v) is 5.68. The summed E-state index contributed by atoms with van der Waals surface area (Å²) in [5.41, 5.74) is 0. The molecule has 2 atom stereocenters. The van der Waals surface area contributed by atoms with Crippen molar-refractivity contribution in [2.75, 3.05) is 18.1 Å². The minimum atomic E-state index is 0.458. The molecule has 2 aliphatic heterocycles. The van der Waals surface area contributed by atoms with Gasteiger partial charge in [0.25, 0.3) is 0 Å². The van der Waals surface area contributed by atoms with Gasteiger partial charge in [0.05, 0.1) is 6.10 Å². The molecule has 2 aliphatic rings. The van der Waals surface area contributed by atoms with Crippen LogP contribution >= 0.6 is 11.8 Å². The fourth-order valence-electron chi connectivity index (χ4n) is 2.35. The Labute approximate surface area is 91.2 Å². The molecule has 0 amide bonds. The highest BCUT2D eigenvalue weighted by atomic mass is 32.2. The molecule has 0 aromatic rings. The van der Waals surface area contributed by atoms with Gasteiger partial charge < -0.3 is 10.1 Å². The van der Waals surface area contributed by atoms with Crippen molar-refractivity contribution < 1.29 is 4.74 Å². The highest BCUT2D eigenvalue weighted by molar-refractivity contribution is 7.99. The maximum Gasteiger partial charge on any atom is 0.0561 e. The van der Waals surface area contributed by atoms with Gasteiger partial charge in [-0.3, -0.25) is 0 Å². The van der Waals surface area contributed by atoms with Gasteiger partial charge in [0.1, 0.15) is 0 Å². The molecule has 1 N–H and O–H groups in total. The minimum Gasteiger partial charge on any atom is -0.378 e. The van der Waals surface area contributed by atoms with Crippen molar-refractivity contribution in [1.29, 1.82) is 0 Å². The average molecular weight is 215 g/mol. The molecule has 2 unspecified atom stereocenters. The summed E-state index contributed by atoms with van der Waals surface area (Å²) >= 11 is 2.10. The van der Waals surface area contributed by atoms with Crippen LogP contribution in [0.2, 0.25) is 0 Å². The Hall–Kier alpha value is 0.270. The summed E-state index contributed by atoms with van der Waals surface area (Å²) in [5, 5.41) is 3.79. The van der Waals surface area contributed by atoms with Crippen molar-refractivity contribution >= 4 is 11.8 Å². The topological polar surface area (TPSA) is 21.3 Å². The fraction of sp³-hybridized carbons (Fsp3) is 1.00. The highest BCUT2D eigenvalue weighted by Gasteiger charge is 2.22. The van der Waals surface area contributed by atoms with Crippen molar-refractivity contribution in [3.05, 3.63) is 0 Å². The van der Waals surface area contributed by atoms with Crippen LogP contribution in [0.4, 0.5) is 0 Å². The Kier molecular flexibility index (Phi) is 4.14. The SMILES string of the molecule is CC1CC(NC2CCSCC2)CCO1. The Morgan fingerprint density at radius 3 is 2.64 bits per heavy atom. The zero-order valence-corrected chi connectivity index (χ0v) is 9.81. The summed E-state index contributed by atoms with van der Waals surface area (Å²) in [6, 6.07) is 1.50. The van der Waals surface area contributed by atoms with Gasteiger partial charge in [-0.1, -0.05) is 0 Å². The van der Waals surface area contributed by atoms with Crippen LogP contribution in [0.3, 0.4) is 0 Å². The third kappa shape index (κ3) is 3.14. The zero-order chi connectivity index (χ0) is 9.80. The molecular formula is C11H21NOS. The van der Waals surface area contributed by atoms with E-state index >= 15 is 0 Å². The maximum absolute atomic E-state index is 5.55. The molecule has 0 aliphatic carbocycles. The van der Waals surface area contributed by atoms with Gasteiger partial charge in [-0.25, -0.2) is 0 Å². The first kappa shape index (κ1) is 10.8. The monoisotopic (exact) mass is 215 g/mol. The normalized spacial score (nSPS) is 35.8. The van der Waals surface area contributed by atoms with E-state index in [0.29, 0.717) is 12.1 Å². The Morgan fingerprint density at radius 2 is 1.93 bits per heavy atom. The van der Waals surface area contributed by atoms with Gasteiger partial charge in [0.2, 0.25) is 0 Å². The summed E-state index contributed by atoms with van der Waals surface area (Å²) in [4.78, 5) is 0. The minimum absolute atomic E-state index is 0.458. The van der Waals surface area contributed by atoms with Gasteiger partial charge in [0, 0.05) is 18.7 Å². The molecule has 0 radical (unpaired) electrons. The molecule has 3 heteroatoms. The van der Waals surface area contributed by atoms with Crippen LogP contribution in [0.15, 0.2) is 0 Å². The second-order valence-electron chi connectivity index (χ2n) is 4.46. The molecule has 0 spiro atoms. The summed E-state index contributed by atoms with van der Waals surface area (Å²) in [6.45, 7) is 3.13. The van der Waals surface area contributed by atoms with Gasteiger partial charge in [0.15, 0.2) is 0 Å². The largest absolute Gasteiger partial charge is 0.378 e. The van der Waals surface area contributed by atoms with Gasteiger partial charge in [-0.15, -0.1) is 0 Å². The van der Waals surface area contributed by atoms with Crippen molar-refractivity contribution in [3.8, 4) is 0 Å². The fourth-order valence-corrected chi connectivity index (χ4v) is 3.45. The first-order valence-corrected chi connectivity index (χ1v) is 6.95. The molecule has 14 heavy (non-hydrogen) atoms. The van der Waals surface area contributed by atoms with E-state index in [2.05, 4.69) is 24.0 Å². The molecule has 82 valence electrons. The Bertz CT molecular complexity index is 171. The Morgan fingerprint density at radius 1 is 1.14 bits per heavy atom. The summed E-state index contributed by atoms with van der Waals surface area (Å²) in [5.74, 6) is 2.69. The molecule has 0 aromatic carbocycles. The van der Waals surface area contributed by atoms with E-state index < -0.39 is 0 Å². The van der Waals surface area contributed by atoms with Gasteiger partial charge in [-0.2, -0.15) is 11.8 Å². The average Bonchev–Trinajstić information content (AvgIpc) is 2.19. The standard InChI is InChI=1S/C11H21NOS/c1-9-8-11(2-5-13-9)12-10-3-6-14-7-4-10/h9-12H,2-8H2,1H3. The van der Waals surface area contributed by atoms with Crippen LogP contribution in [-0.4, -0.2) is 36.3 Å². The molecule has 2 heterocycles. The van der Waals surface area contributed by atoms with Crippen molar-refractivity contribution in [2.45, 2.75) is 50.8 Å². The van der Waals surface area contributed by atoms with E-state index in [1.165, 1.54) is 37.2 Å². The van der Waals surface area contributed by atoms with E-state index in [-0.39, 0.29) is 0 Å². The summed E-state index contributed by atoms with van der Waals surface area (Å²) in [7, 11) is 0. The van der Waals surface area contributed by atoms with E-state index in [1.54, 1.807) is 0 Å². The van der Waals surface area contributed by atoms with E-state index in [1.807, 2.05) is 0 Å². The molecule has 0 bridgehead atoms. The summed E-state index contributed by atoms with van der Waals surface area (Å²) in [6.07, 6.45) is 5.57. The van der Waals surface area contributed by atoms with Crippen molar-refractivity contribution in [3.63, 3.8) is 0 Å². The lowest BCUT2D eigenvalue weighted by atomic mass is 10.0. The van der Waals surface area contributed by atoms with Gasteiger partial charge in [-0.05, 0) is 44.1 Å². The molecule has 2 nitrogen and oxygen atoms in total. The third-order valence-corrected chi connectivity index (χ3v) is 4.23. The third-order valence-electron chi connectivity index (χ3n) is 3.18. The van der Waals surface area contributed by atoms with Gasteiger partial charge >= 0.3 is 0 Å². The molecule has 0 aromatic heterocycles. The summed E-state index contributed by atoms with van der Waals surface area (Å²) < 4.78 is 5.55. The van der Waals surface area contributed by atoms with Crippen LogP contribution < -0.4 is 5.32 Å². The molecular weight excluding hydrogens is 194 g/mol. The van der Waals surface area contributed by atoms with Crippen molar-refractivity contribution in [1.82, 2.24) is 5.32 Å². The van der Waals surface area contributed by atoms with Crippen LogP contribution in [0.25, 0.3) is 0 Å². The van der Waals surface area contributed by atoms with E-state index in [9.17, 15) is 0 Å². The highest BCUT2D eigenvalue weighted by Crippen LogP contribution is 2.20. The molecule has 2 saturated heterocycles. The molecule has 0 saturated carbocycles. The zero-order valence-electron chi connectivity index (χ0n) is 9.00.